The zero-order chi connectivity index (χ0) is 17.6. The Kier molecular flexibility index (Phi) is 7.62. The summed E-state index contributed by atoms with van der Waals surface area (Å²) in [5, 5.41) is 6.77. The van der Waals surface area contributed by atoms with Crippen LogP contribution in [0.5, 0.6) is 0 Å². The molecule has 1 saturated heterocycles. The molecule has 2 aromatic rings. The SMILES string of the molecule is CN=C(NCc1ccccc1C)NC1CCN(c2ncccc2F)C1.I. The third kappa shape index (κ3) is 5.06. The highest BCUT2D eigenvalue weighted by atomic mass is 127. The van der Waals surface area contributed by atoms with Crippen molar-refractivity contribution < 1.29 is 4.39 Å². The molecule has 2 heterocycles. The summed E-state index contributed by atoms with van der Waals surface area (Å²) in [4.78, 5) is 10.4. The molecule has 1 aliphatic rings. The van der Waals surface area contributed by atoms with Gasteiger partial charge in [0.25, 0.3) is 0 Å². The van der Waals surface area contributed by atoms with Crippen LogP contribution in [0.2, 0.25) is 0 Å². The van der Waals surface area contributed by atoms with Gasteiger partial charge in [0.1, 0.15) is 0 Å². The molecule has 0 aliphatic carbocycles. The third-order valence-corrected chi connectivity index (χ3v) is 4.50. The number of nitrogens with zero attached hydrogens (tertiary/aromatic N) is 3. The van der Waals surface area contributed by atoms with E-state index in [0.29, 0.717) is 12.4 Å². The van der Waals surface area contributed by atoms with Crippen molar-refractivity contribution in [1.29, 1.82) is 0 Å². The van der Waals surface area contributed by atoms with Crippen molar-refractivity contribution in [2.24, 2.45) is 4.99 Å². The van der Waals surface area contributed by atoms with Crippen molar-refractivity contribution in [2.45, 2.75) is 25.9 Å². The monoisotopic (exact) mass is 469 g/mol. The van der Waals surface area contributed by atoms with Gasteiger partial charge in [-0.05, 0) is 36.6 Å². The van der Waals surface area contributed by atoms with Gasteiger partial charge in [0, 0.05) is 38.9 Å². The molecule has 0 saturated carbocycles. The molecule has 0 bridgehead atoms. The van der Waals surface area contributed by atoms with E-state index in [1.807, 2.05) is 17.0 Å². The Morgan fingerprint density at radius 3 is 2.85 bits per heavy atom. The number of rotatable bonds is 4. The van der Waals surface area contributed by atoms with Crippen LogP contribution in [-0.4, -0.2) is 37.1 Å². The number of hydrogen-bond donors (Lipinski definition) is 2. The van der Waals surface area contributed by atoms with Crippen LogP contribution in [0.15, 0.2) is 47.6 Å². The quantitative estimate of drug-likeness (QED) is 0.411. The smallest absolute Gasteiger partial charge is 0.191 e. The van der Waals surface area contributed by atoms with Gasteiger partial charge in [0.15, 0.2) is 17.6 Å². The molecule has 7 heteroatoms. The molecule has 26 heavy (non-hydrogen) atoms. The molecule has 1 aromatic carbocycles. The number of pyridine rings is 1. The Morgan fingerprint density at radius 2 is 2.12 bits per heavy atom. The molecule has 2 N–H and O–H groups in total. The average Bonchev–Trinajstić information content (AvgIpc) is 3.08. The fraction of sp³-hybridized carbons (Fsp3) is 0.368. The molecule has 1 atom stereocenters. The van der Waals surface area contributed by atoms with Crippen molar-refractivity contribution >= 4 is 35.8 Å². The van der Waals surface area contributed by atoms with E-state index in [0.717, 1.165) is 25.5 Å². The van der Waals surface area contributed by atoms with E-state index in [1.165, 1.54) is 17.2 Å². The zero-order valence-electron chi connectivity index (χ0n) is 15.1. The van der Waals surface area contributed by atoms with E-state index in [1.54, 1.807) is 19.3 Å². The van der Waals surface area contributed by atoms with E-state index >= 15 is 0 Å². The number of aliphatic imine (C=N–C) groups is 1. The summed E-state index contributed by atoms with van der Waals surface area (Å²) in [5.74, 6) is 0.913. The van der Waals surface area contributed by atoms with E-state index in [9.17, 15) is 4.39 Å². The van der Waals surface area contributed by atoms with Crippen LogP contribution in [0.3, 0.4) is 0 Å². The normalized spacial score (nSPS) is 17.0. The topological polar surface area (TPSA) is 52.6 Å². The molecule has 140 valence electrons. The summed E-state index contributed by atoms with van der Waals surface area (Å²) in [6, 6.07) is 11.6. The largest absolute Gasteiger partial charge is 0.352 e. The van der Waals surface area contributed by atoms with Crippen LogP contribution in [-0.2, 0) is 6.54 Å². The molecule has 0 radical (unpaired) electrons. The van der Waals surface area contributed by atoms with Gasteiger partial charge >= 0.3 is 0 Å². The first-order chi connectivity index (χ1) is 12.2. The van der Waals surface area contributed by atoms with Crippen molar-refractivity contribution in [1.82, 2.24) is 15.6 Å². The standard InChI is InChI=1S/C19H24FN5.HI/c1-14-6-3-4-7-15(14)12-23-19(21-2)24-16-9-11-25(13-16)18-17(20)8-5-10-22-18;/h3-8,10,16H,9,11-13H2,1-2H3,(H2,21,23,24);1H. The molecule has 5 nitrogen and oxygen atoms in total. The predicted octanol–water partition coefficient (Wildman–Crippen LogP) is 3.09. The summed E-state index contributed by atoms with van der Waals surface area (Å²) >= 11 is 0. The van der Waals surface area contributed by atoms with E-state index in [4.69, 9.17) is 0 Å². The Bertz CT molecular complexity index is 752. The number of anilines is 1. The summed E-state index contributed by atoms with van der Waals surface area (Å²) in [5.41, 5.74) is 2.50. The minimum Gasteiger partial charge on any atom is -0.352 e. The van der Waals surface area contributed by atoms with Crippen molar-refractivity contribution in [3.8, 4) is 0 Å². The molecule has 0 amide bonds. The summed E-state index contributed by atoms with van der Waals surface area (Å²) < 4.78 is 13.9. The lowest BCUT2D eigenvalue weighted by Crippen LogP contribution is -2.44. The lowest BCUT2D eigenvalue weighted by atomic mass is 10.1. The molecular weight excluding hydrogens is 444 g/mol. The predicted molar refractivity (Wildman–Crippen MR) is 115 cm³/mol. The number of guanidine groups is 1. The highest BCUT2D eigenvalue weighted by Gasteiger charge is 2.25. The fourth-order valence-electron chi connectivity index (χ4n) is 3.06. The average molecular weight is 469 g/mol. The van der Waals surface area contributed by atoms with Crippen molar-refractivity contribution in [3.05, 3.63) is 59.5 Å². The molecule has 1 aromatic heterocycles. The lowest BCUT2D eigenvalue weighted by Gasteiger charge is -2.20. The number of hydrogen-bond acceptors (Lipinski definition) is 3. The van der Waals surface area contributed by atoms with Gasteiger partial charge in [-0.3, -0.25) is 4.99 Å². The summed E-state index contributed by atoms with van der Waals surface area (Å²) in [7, 11) is 1.76. The Hall–Kier alpha value is -1.90. The number of halogens is 2. The zero-order valence-corrected chi connectivity index (χ0v) is 17.4. The van der Waals surface area contributed by atoms with Crippen molar-refractivity contribution in [2.75, 3.05) is 25.0 Å². The first-order valence-electron chi connectivity index (χ1n) is 8.54. The first kappa shape index (κ1) is 20.4. The molecule has 3 rings (SSSR count). The van der Waals surface area contributed by atoms with Crippen LogP contribution < -0.4 is 15.5 Å². The highest BCUT2D eigenvalue weighted by Crippen LogP contribution is 2.20. The first-order valence-corrected chi connectivity index (χ1v) is 8.54. The second-order valence-electron chi connectivity index (χ2n) is 6.24. The van der Waals surface area contributed by atoms with Gasteiger partial charge in [-0.1, -0.05) is 24.3 Å². The third-order valence-electron chi connectivity index (χ3n) is 4.50. The number of aryl methyl sites for hydroxylation is 1. The second kappa shape index (κ2) is 9.70. The molecule has 1 unspecified atom stereocenters. The van der Waals surface area contributed by atoms with Gasteiger partial charge in [-0.25, -0.2) is 9.37 Å². The van der Waals surface area contributed by atoms with Gasteiger partial charge in [0.05, 0.1) is 0 Å². The van der Waals surface area contributed by atoms with Crippen LogP contribution in [0.1, 0.15) is 17.5 Å². The van der Waals surface area contributed by atoms with E-state index in [-0.39, 0.29) is 35.8 Å². The molecule has 0 spiro atoms. The number of nitrogens with one attached hydrogen (secondary N) is 2. The number of benzene rings is 1. The lowest BCUT2D eigenvalue weighted by molar-refractivity contribution is 0.612. The maximum Gasteiger partial charge on any atom is 0.191 e. The van der Waals surface area contributed by atoms with Gasteiger partial charge < -0.3 is 15.5 Å². The van der Waals surface area contributed by atoms with Crippen LogP contribution in [0.25, 0.3) is 0 Å². The maximum absolute atomic E-state index is 13.9. The van der Waals surface area contributed by atoms with Crippen molar-refractivity contribution in [3.63, 3.8) is 0 Å². The second-order valence-corrected chi connectivity index (χ2v) is 6.24. The minimum atomic E-state index is -0.273. The summed E-state index contributed by atoms with van der Waals surface area (Å²) in [6.07, 6.45) is 2.54. The van der Waals surface area contributed by atoms with Gasteiger partial charge in [-0.15, -0.1) is 24.0 Å². The Labute approximate surface area is 171 Å². The van der Waals surface area contributed by atoms with E-state index < -0.39 is 0 Å². The van der Waals surface area contributed by atoms with Crippen LogP contribution in [0, 0.1) is 12.7 Å². The Balaban J connectivity index is 0.00000243. The van der Waals surface area contributed by atoms with Crippen LogP contribution >= 0.6 is 24.0 Å². The highest BCUT2D eigenvalue weighted by molar-refractivity contribution is 14.0. The number of aromatic nitrogens is 1. The molecule has 1 aliphatic heterocycles. The van der Waals surface area contributed by atoms with E-state index in [2.05, 4.69) is 39.7 Å². The Morgan fingerprint density at radius 1 is 1.31 bits per heavy atom. The van der Waals surface area contributed by atoms with Crippen LogP contribution in [0.4, 0.5) is 10.2 Å². The molecule has 1 fully saturated rings. The van der Waals surface area contributed by atoms with Gasteiger partial charge in [-0.2, -0.15) is 0 Å². The minimum absolute atomic E-state index is 0. The molecular formula is C19H25FIN5. The maximum atomic E-state index is 13.9. The fourth-order valence-corrected chi connectivity index (χ4v) is 3.06. The summed E-state index contributed by atoms with van der Waals surface area (Å²) in [6.45, 7) is 4.31. The van der Waals surface area contributed by atoms with Gasteiger partial charge in [0.2, 0.25) is 0 Å².